The average Bonchev–Trinajstić information content (AvgIpc) is 2.67. The van der Waals surface area contributed by atoms with Crippen LogP contribution in [0.2, 0.25) is 0 Å². The third kappa shape index (κ3) is 14.5. The maximum Gasteiger partial charge on any atom is 0.410 e. The number of carbonyl (C=O) groups excluding carboxylic acids is 2. The molecule has 5 nitrogen and oxygen atoms in total. The first-order valence-electron chi connectivity index (χ1n) is 11.1. The smallest absolute Gasteiger partial charge is 0.410 e. The van der Waals surface area contributed by atoms with Crippen LogP contribution >= 0.6 is 0 Å². The molecule has 1 unspecified atom stereocenters. The van der Waals surface area contributed by atoms with Gasteiger partial charge in [-0.25, -0.2) is 9.59 Å². The summed E-state index contributed by atoms with van der Waals surface area (Å²) >= 11 is 0. The van der Waals surface area contributed by atoms with E-state index < -0.39 is 12.1 Å². The van der Waals surface area contributed by atoms with Crippen LogP contribution in [0, 0.1) is 0 Å². The molecule has 0 N–H and O–H groups in total. The van der Waals surface area contributed by atoms with Gasteiger partial charge in [0.1, 0.15) is 6.04 Å². The van der Waals surface area contributed by atoms with Crippen LogP contribution in [0.3, 0.4) is 0 Å². The molecule has 0 aromatic heterocycles. The van der Waals surface area contributed by atoms with Crippen molar-refractivity contribution >= 4 is 12.1 Å². The lowest BCUT2D eigenvalue weighted by atomic mass is 10.1. The first-order valence-corrected chi connectivity index (χ1v) is 11.1. The van der Waals surface area contributed by atoms with Crippen LogP contribution in [0.15, 0.2) is 0 Å². The number of nitrogens with zero attached hydrogens (tertiary/aromatic N) is 1. The normalized spacial score (nSPS) is 11.9. The van der Waals surface area contributed by atoms with Crippen LogP contribution < -0.4 is 0 Å². The number of unbranched alkanes of at least 4 members (excludes halogenated alkanes) is 11. The van der Waals surface area contributed by atoms with Gasteiger partial charge in [0.15, 0.2) is 0 Å². The van der Waals surface area contributed by atoms with Crippen molar-refractivity contribution in [3.05, 3.63) is 0 Å². The molecule has 0 aromatic carbocycles. The van der Waals surface area contributed by atoms with Gasteiger partial charge in [-0.05, 0) is 19.8 Å². The van der Waals surface area contributed by atoms with Gasteiger partial charge in [0.05, 0.1) is 13.2 Å². The number of hydrogen-bond acceptors (Lipinski definition) is 4. The Morgan fingerprint density at radius 2 is 1.11 bits per heavy atom. The monoisotopic (exact) mass is 385 g/mol. The molecule has 0 aliphatic heterocycles. The molecule has 0 fully saturated rings. The Kier molecular flexibility index (Phi) is 17.3. The summed E-state index contributed by atoms with van der Waals surface area (Å²) in [5.41, 5.74) is 0. The summed E-state index contributed by atoms with van der Waals surface area (Å²) in [6, 6.07) is -0.619. The van der Waals surface area contributed by atoms with Crippen molar-refractivity contribution in [3.63, 3.8) is 0 Å². The molecule has 0 saturated heterocycles. The molecule has 5 heteroatoms. The second-order valence-corrected chi connectivity index (χ2v) is 7.46. The maximum atomic E-state index is 12.0. The van der Waals surface area contributed by atoms with Crippen molar-refractivity contribution in [1.82, 2.24) is 4.90 Å². The zero-order valence-corrected chi connectivity index (χ0v) is 18.3. The maximum absolute atomic E-state index is 12.0. The largest absolute Gasteiger partial charge is 0.464 e. The number of ether oxygens (including phenoxy) is 2. The van der Waals surface area contributed by atoms with E-state index in [1.54, 1.807) is 14.0 Å². The second kappa shape index (κ2) is 18.1. The molecular weight excluding hydrogens is 342 g/mol. The van der Waals surface area contributed by atoms with Gasteiger partial charge in [-0.1, -0.05) is 84.5 Å². The van der Waals surface area contributed by atoms with Gasteiger partial charge in [-0.15, -0.1) is 0 Å². The molecule has 27 heavy (non-hydrogen) atoms. The second-order valence-electron chi connectivity index (χ2n) is 7.46. The van der Waals surface area contributed by atoms with Crippen LogP contribution in [0.4, 0.5) is 4.79 Å². The molecule has 160 valence electrons. The quantitative estimate of drug-likeness (QED) is 0.224. The standard InChI is InChI=1S/C22H43NO4/c1-5-7-9-11-12-13-15-17-19-27-22(25)23(4)20(3)21(24)26-18-16-14-10-8-6-2/h20H,5-19H2,1-4H3. The highest BCUT2D eigenvalue weighted by Crippen LogP contribution is 2.09. The minimum Gasteiger partial charge on any atom is -0.464 e. The fraction of sp³-hybridized carbons (Fsp3) is 0.909. The van der Waals surface area contributed by atoms with Crippen molar-refractivity contribution < 1.29 is 19.1 Å². The summed E-state index contributed by atoms with van der Waals surface area (Å²) < 4.78 is 10.5. The van der Waals surface area contributed by atoms with Crippen LogP contribution in [-0.2, 0) is 14.3 Å². The first kappa shape index (κ1) is 25.7. The number of carbonyl (C=O) groups is 2. The minimum atomic E-state index is -0.619. The average molecular weight is 386 g/mol. The Balaban J connectivity index is 3.74. The van der Waals surface area contributed by atoms with Gasteiger partial charge < -0.3 is 9.47 Å². The van der Waals surface area contributed by atoms with E-state index in [0.29, 0.717) is 13.2 Å². The summed E-state index contributed by atoms with van der Waals surface area (Å²) in [5.74, 6) is -0.364. The number of esters is 1. The molecule has 0 heterocycles. The van der Waals surface area contributed by atoms with Gasteiger partial charge in [-0.2, -0.15) is 0 Å². The lowest BCUT2D eigenvalue weighted by Crippen LogP contribution is -2.41. The van der Waals surface area contributed by atoms with Crippen LogP contribution in [-0.4, -0.2) is 43.3 Å². The highest BCUT2D eigenvalue weighted by atomic mass is 16.6. The molecule has 0 spiro atoms. The molecule has 0 aliphatic rings. The topological polar surface area (TPSA) is 55.8 Å². The summed E-state index contributed by atoms with van der Waals surface area (Å²) in [6.07, 6.45) is 14.7. The molecule has 0 radical (unpaired) electrons. The highest BCUT2D eigenvalue weighted by Gasteiger charge is 2.24. The van der Waals surface area contributed by atoms with E-state index in [0.717, 1.165) is 25.7 Å². The van der Waals surface area contributed by atoms with Crippen LogP contribution in [0.5, 0.6) is 0 Å². The zero-order valence-electron chi connectivity index (χ0n) is 18.3. The van der Waals surface area contributed by atoms with E-state index in [4.69, 9.17) is 9.47 Å². The van der Waals surface area contributed by atoms with E-state index in [1.165, 1.54) is 62.7 Å². The van der Waals surface area contributed by atoms with Gasteiger partial charge in [0.25, 0.3) is 0 Å². The molecule has 0 aliphatic carbocycles. The van der Waals surface area contributed by atoms with Gasteiger partial charge in [-0.3, -0.25) is 4.90 Å². The first-order chi connectivity index (χ1) is 13.0. The predicted octanol–water partition coefficient (Wildman–Crippen LogP) is 6.10. The molecule has 1 atom stereocenters. The molecule has 1 amide bonds. The van der Waals surface area contributed by atoms with Crippen molar-refractivity contribution in [1.29, 1.82) is 0 Å². The van der Waals surface area contributed by atoms with Crippen molar-refractivity contribution in [2.45, 2.75) is 110 Å². The lowest BCUT2D eigenvalue weighted by molar-refractivity contribution is -0.148. The van der Waals surface area contributed by atoms with Gasteiger partial charge in [0, 0.05) is 7.05 Å². The molecule has 0 saturated carbocycles. The zero-order chi connectivity index (χ0) is 20.3. The molecular formula is C22H43NO4. The Morgan fingerprint density at radius 1 is 0.704 bits per heavy atom. The number of hydrogen-bond donors (Lipinski definition) is 0. The fourth-order valence-electron chi connectivity index (χ4n) is 2.81. The van der Waals surface area contributed by atoms with Crippen LogP contribution in [0.1, 0.15) is 104 Å². The highest BCUT2D eigenvalue weighted by molar-refractivity contribution is 5.80. The van der Waals surface area contributed by atoms with Crippen molar-refractivity contribution in [2.75, 3.05) is 20.3 Å². The van der Waals surface area contributed by atoms with E-state index >= 15 is 0 Å². The van der Waals surface area contributed by atoms with Crippen LogP contribution in [0.25, 0.3) is 0 Å². The summed E-state index contributed by atoms with van der Waals surface area (Å²) in [6.45, 7) is 6.91. The van der Waals surface area contributed by atoms with Gasteiger partial charge in [0.2, 0.25) is 0 Å². The molecule has 0 bridgehead atoms. The predicted molar refractivity (Wildman–Crippen MR) is 111 cm³/mol. The Labute approximate surface area is 167 Å². The third-order valence-corrected chi connectivity index (χ3v) is 4.93. The van der Waals surface area contributed by atoms with E-state index in [-0.39, 0.29) is 5.97 Å². The SMILES string of the molecule is CCCCCCCCCCOC(=O)N(C)C(C)C(=O)OCCCCCCC. The number of amides is 1. The van der Waals surface area contributed by atoms with Crippen molar-refractivity contribution in [3.8, 4) is 0 Å². The Hall–Kier alpha value is -1.26. The molecule has 0 rings (SSSR count). The van der Waals surface area contributed by atoms with E-state index in [9.17, 15) is 9.59 Å². The fourth-order valence-corrected chi connectivity index (χ4v) is 2.81. The third-order valence-electron chi connectivity index (χ3n) is 4.93. The Morgan fingerprint density at radius 3 is 1.59 bits per heavy atom. The Bertz CT molecular complexity index is 373. The van der Waals surface area contributed by atoms with E-state index in [1.807, 2.05) is 0 Å². The summed E-state index contributed by atoms with van der Waals surface area (Å²) in [5, 5.41) is 0. The minimum absolute atomic E-state index is 0.364. The van der Waals surface area contributed by atoms with Crippen molar-refractivity contribution in [2.24, 2.45) is 0 Å². The summed E-state index contributed by atoms with van der Waals surface area (Å²) in [7, 11) is 1.59. The number of rotatable bonds is 17. The van der Waals surface area contributed by atoms with E-state index in [2.05, 4.69) is 13.8 Å². The number of likely N-dealkylation sites (N-methyl/N-ethyl adjacent to an activating group) is 1. The van der Waals surface area contributed by atoms with Gasteiger partial charge >= 0.3 is 12.1 Å². The lowest BCUT2D eigenvalue weighted by Gasteiger charge is -2.22. The molecule has 0 aromatic rings. The summed E-state index contributed by atoms with van der Waals surface area (Å²) in [4.78, 5) is 25.4.